The molecule has 3 rings (SSSR count). The molecule has 0 aliphatic heterocycles. The van der Waals surface area contributed by atoms with E-state index in [9.17, 15) is 19.5 Å². The van der Waals surface area contributed by atoms with Crippen molar-refractivity contribution in [1.82, 2.24) is 15.1 Å². The Labute approximate surface area is 178 Å². The summed E-state index contributed by atoms with van der Waals surface area (Å²) < 4.78 is 1.21. The maximum absolute atomic E-state index is 13.1. The van der Waals surface area contributed by atoms with Crippen molar-refractivity contribution in [3.05, 3.63) is 76.6 Å². The molecule has 2 N–H and O–H groups in total. The van der Waals surface area contributed by atoms with Crippen LogP contribution < -0.4 is 10.9 Å². The molecule has 1 unspecified atom stereocenters. The van der Waals surface area contributed by atoms with Crippen molar-refractivity contribution in [3.63, 3.8) is 0 Å². The predicted octanol–water partition coefficient (Wildman–Crippen LogP) is 2.71. The lowest BCUT2D eigenvalue weighted by molar-refractivity contribution is -0.138. The third-order valence-electron chi connectivity index (χ3n) is 4.58. The number of carboxylic acid groups (broad SMARTS) is 1. The zero-order valence-electron chi connectivity index (χ0n) is 16.3. The largest absolute Gasteiger partial charge is 0.480 e. The van der Waals surface area contributed by atoms with Crippen molar-refractivity contribution >= 4 is 24.5 Å². The Morgan fingerprint density at radius 2 is 1.63 bits per heavy atom. The lowest BCUT2D eigenvalue weighted by Gasteiger charge is -2.18. The highest BCUT2D eigenvalue weighted by atomic mass is 32.1. The minimum absolute atomic E-state index is 0.111. The molecule has 7 nitrogen and oxygen atoms in total. The maximum atomic E-state index is 13.1. The molecule has 1 atom stereocenters. The molecular weight excluding hydrogens is 402 g/mol. The maximum Gasteiger partial charge on any atom is 0.327 e. The minimum Gasteiger partial charge on any atom is -0.480 e. The van der Waals surface area contributed by atoms with E-state index >= 15 is 0 Å². The molecule has 0 saturated carbocycles. The average Bonchev–Trinajstić information content (AvgIpc) is 2.77. The number of aromatic nitrogens is 2. The van der Waals surface area contributed by atoms with E-state index in [4.69, 9.17) is 0 Å². The number of carbonyl (C=O) groups is 2. The normalized spacial score (nSPS) is 11.7. The molecule has 0 spiro atoms. The van der Waals surface area contributed by atoms with Crippen molar-refractivity contribution in [2.75, 3.05) is 5.75 Å². The highest BCUT2D eigenvalue weighted by Crippen LogP contribution is 2.32. The molecule has 2 aromatic carbocycles. The molecule has 0 aliphatic rings. The van der Waals surface area contributed by atoms with Crippen LogP contribution in [0.15, 0.2) is 65.5 Å². The number of carboxylic acids is 1. The van der Waals surface area contributed by atoms with E-state index in [0.29, 0.717) is 16.8 Å². The lowest BCUT2D eigenvalue weighted by atomic mass is 9.95. The first-order valence-electron chi connectivity index (χ1n) is 9.38. The third-order valence-corrected chi connectivity index (χ3v) is 4.94. The van der Waals surface area contributed by atoms with Gasteiger partial charge in [0.05, 0.1) is 5.69 Å². The van der Waals surface area contributed by atoms with Crippen LogP contribution in [0, 0.1) is 0 Å². The summed E-state index contributed by atoms with van der Waals surface area (Å²) in [5.74, 6) is -2.12. The molecule has 0 saturated heterocycles. The first kappa shape index (κ1) is 21.3. The van der Waals surface area contributed by atoms with Crippen LogP contribution in [0.3, 0.4) is 0 Å². The molecule has 154 valence electrons. The van der Waals surface area contributed by atoms with Gasteiger partial charge in [-0.3, -0.25) is 9.59 Å². The summed E-state index contributed by atoms with van der Waals surface area (Å²) in [6.45, 7) is 2.00. The Kier molecular flexibility index (Phi) is 6.68. The van der Waals surface area contributed by atoms with Crippen molar-refractivity contribution in [2.24, 2.45) is 0 Å². The van der Waals surface area contributed by atoms with Crippen LogP contribution in [0.5, 0.6) is 0 Å². The highest BCUT2D eigenvalue weighted by Gasteiger charge is 2.27. The summed E-state index contributed by atoms with van der Waals surface area (Å²) in [6.07, 6.45) is 0. The predicted molar refractivity (Wildman–Crippen MR) is 118 cm³/mol. The molecule has 0 aliphatic carbocycles. The molecule has 0 radical (unpaired) electrons. The molecule has 1 heterocycles. The van der Waals surface area contributed by atoms with E-state index < -0.39 is 23.5 Å². The fourth-order valence-corrected chi connectivity index (χ4v) is 3.34. The molecule has 1 amide bonds. The Morgan fingerprint density at radius 1 is 1.07 bits per heavy atom. The summed E-state index contributed by atoms with van der Waals surface area (Å²) in [4.78, 5) is 37.7. The number of benzene rings is 2. The van der Waals surface area contributed by atoms with Gasteiger partial charge in [0.25, 0.3) is 11.5 Å². The lowest BCUT2D eigenvalue weighted by Crippen LogP contribution is -2.45. The number of thiol groups is 1. The number of hydrogen-bond donors (Lipinski definition) is 3. The Balaban J connectivity index is 2.33. The van der Waals surface area contributed by atoms with Crippen molar-refractivity contribution < 1.29 is 14.7 Å². The van der Waals surface area contributed by atoms with Crippen molar-refractivity contribution in [1.29, 1.82) is 0 Å². The van der Waals surface area contributed by atoms with Gasteiger partial charge in [0, 0.05) is 23.4 Å². The molecule has 0 fully saturated rings. The third kappa shape index (κ3) is 4.28. The molecular formula is C22H21N3O4S. The second-order valence-electron chi connectivity index (χ2n) is 6.50. The van der Waals surface area contributed by atoms with Crippen LogP contribution >= 0.6 is 12.6 Å². The molecule has 30 heavy (non-hydrogen) atoms. The van der Waals surface area contributed by atoms with Crippen LogP contribution in [-0.4, -0.2) is 38.6 Å². The number of hydrogen-bond acceptors (Lipinski definition) is 5. The fraction of sp³-hybridized carbons (Fsp3) is 0.182. The number of rotatable bonds is 7. The quantitative estimate of drug-likeness (QED) is 0.507. The van der Waals surface area contributed by atoms with Gasteiger partial charge in [-0.2, -0.15) is 17.7 Å². The SMILES string of the molecule is CCn1nc(-c2ccccc2)c(-c2ccccc2)c(C(=O)NC(CS)C(=O)O)c1=O. The standard InChI is InChI=1S/C22H21N3O4S/c1-2-25-21(27)18(20(26)23-16(13-30)22(28)29)17(14-9-5-3-6-10-14)19(24-25)15-11-7-4-8-12-15/h3-12,16,30H,2,13H2,1H3,(H,23,26)(H,28,29). The molecule has 1 aromatic heterocycles. The molecule has 8 heteroatoms. The summed E-state index contributed by atoms with van der Waals surface area (Å²) in [5.41, 5.74) is 1.45. The van der Waals surface area contributed by atoms with Crippen LogP contribution in [0.25, 0.3) is 22.4 Å². The van der Waals surface area contributed by atoms with Gasteiger partial charge < -0.3 is 10.4 Å². The second kappa shape index (κ2) is 9.41. The van der Waals surface area contributed by atoms with Crippen LogP contribution in [0.2, 0.25) is 0 Å². The smallest absolute Gasteiger partial charge is 0.327 e. The van der Waals surface area contributed by atoms with Crippen LogP contribution in [0.1, 0.15) is 17.3 Å². The molecule has 0 bridgehead atoms. The summed E-state index contributed by atoms with van der Waals surface area (Å²) in [6, 6.07) is 17.0. The van der Waals surface area contributed by atoms with Crippen molar-refractivity contribution in [3.8, 4) is 22.4 Å². The Morgan fingerprint density at radius 3 is 2.13 bits per heavy atom. The Bertz CT molecular complexity index is 1110. The zero-order chi connectivity index (χ0) is 21.7. The minimum atomic E-state index is -1.23. The van der Waals surface area contributed by atoms with Gasteiger partial charge >= 0.3 is 5.97 Å². The van der Waals surface area contributed by atoms with Gasteiger partial charge in [0.2, 0.25) is 0 Å². The van der Waals surface area contributed by atoms with Gasteiger partial charge in [0.1, 0.15) is 11.6 Å². The second-order valence-corrected chi connectivity index (χ2v) is 6.86. The van der Waals surface area contributed by atoms with Gasteiger partial charge in [-0.25, -0.2) is 9.48 Å². The van der Waals surface area contributed by atoms with E-state index in [0.717, 1.165) is 5.56 Å². The number of carbonyl (C=O) groups excluding carboxylic acids is 1. The first-order chi connectivity index (χ1) is 14.5. The topological polar surface area (TPSA) is 101 Å². The monoisotopic (exact) mass is 423 g/mol. The molecule has 3 aromatic rings. The van der Waals surface area contributed by atoms with E-state index in [1.165, 1.54) is 4.68 Å². The number of amides is 1. The number of aliphatic carboxylic acids is 1. The number of nitrogens with zero attached hydrogens (tertiary/aromatic N) is 2. The van der Waals surface area contributed by atoms with Crippen LogP contribution in [0.4, 0.5) is 0 Å². The first-order valence-corrected chi connectivity index (χ1v) is 10.0. The van der Waals surface area contributed by atoms with Gasteiger partial charge in [-0.15, -0.1) is 0 Å². The van der Waals surface area contributed by atoms with Crippen LogP contribution in [-0.2, 0) is 11.3 Å². The summed E-state index contributed by atoms with van der Waals surface area (Å²) in [7, 11) is 0. The Hall–Kier alpha value is -3.39. The summed E-state index contributed by atoms with van der Waals surface area (Å²) in [5, 5.41) is 16.2. The van der Waals surface area contributed by atoms with E-state index in [2.05, 4.69) is 23.0 Å². The summed E-state index contributed by atoms with van der Waals surface area (Å²) >= 11 is 3.99. The van der Waals surface area contributed by atoms with E-state index in [1.54, 1.807) is 31.2 Å². The highest BCUT2D eigenvalue weighted by molar-refractivity contribution is 7.80. The average molecular weight is 423 g/mol. The number of aryl methyl sites for hydroxylation is 1. The van der Waals surface area contributed by atoms with Gasteiger partial charge in [-0.1, -0.05) is 60.7 Å². The van der Waals surface area contributed by atoms with Crippen molar-refractivity contribution in [2.45, 2.75) is 19.5 Å². The van der Waals surface area contributed by atoms with E-state index in [-0.39, 0.29) is 17.9 Å². The fourth-order valence-electron chi connectivity index (χ4n) is 3.10. The number of nitrogens with one attached hydrogen (secondary N) is 1. The van der Waals surface area contributed by atoms with Gasteiger partial charge in [0.15, 0.2) is 0 Å². The van der Waals surface area contributed by atoms with Gasteiger partial charge in [-0.05, 0) is 12.5 Å². The zero-order valence-corrected chi connectivity index (χ0v) is 17.2. The van der Waals surface area contributed by atoms with E-state index in [1.807, 2.05) is 36.4 Å².